The number of carbonyl (C=O) groups is 1. The van der Waals surface area contributed by atoms with Crippen LogP contribution in [0.5, 0.6) is 5.88 Å². The molecule has 5 nitrogen and oxygen atoms in total. The zero-order valence-electron chi connectivity index (χ0n) is 12.1. The molecule has 0 aromatic carbocycles. The first kappa shape index (κ1) is 14.6. The monoisotopic (exact) mass is 278 g/mol. The molecule has 1 aromatic rings. The summed E-state index contributed by atoms with van der Waals surface area (Å²) in [4.78, 5) is 17.3. The molecule has 1 N–H and O–H groups in total. The molecular formula is C15H22N2O3. The summed E-state index contributed by atoms with van der Waals surface area (Å²) in [6.45, 7) is 3.94. The van der Waals surface area contributed by atoms with Crippen molar-refractivity contribution in [1.29, 1.82) is 0 Å². The molecule has 1 fully saturated rings. The molecule has 2 unspecified atom stereocenters. The zero-order chi connectivity index (χ0) is 14.5. The number of aromatic nitrogens is 1. The number of hydrogen-bond donors (Lipinski definition) is 1. The van der Waals surface area contributed by atoms with Crippen LogP contribution in [0.15, 0.2) is 18.3 Å². The summed E-state index contributed by atoms with van der Waals surface area (Å²) < 4.78 is 5.16. The van der Waals surface area contributed by atoms with Crippen LogP contribution in [0.25, 0.3) is 0 Å². The van der Waals surface area contributed by atoms with Crippen molar-refractivity contribution in [3.8, 4) is 5.88 Å². The normalized spacial score (nSPS) is 20.5. The van der Waals surface area contributed by atoms with E-state index in [2.05, 4.69) is 9.88 Å². The summed E-state index contributed by atoms with van der Waals surface area (Å²) in [5.41, 5.74) is 1.10. The molecule has 2 rings (SSSR count). The van der Waals surface area contributed by atoms with Gasteiger partial charge < -0.3 is 14.7 Å². The van der Waals surface area contributed by atoms with Gasteiger partial charge in [0.15, 0.2) is 0 Å². The van der Waals surface area contributed by atoms with E-state index in [1.165, 1.54) is 0 Å². The first-order chi connectivity index (χ1) is 9.60. The largest absolute Gasteiger partial charge is 0.481 e. The molecule has 0 radical (unpaired) electrons. The summed E-state index contributed by atoms with van der Waals surface area (Å²) in [5, 5.41) is 8.93. The topological polar surface area (TPSA) is 62.7 Å². The third-order valence-corrected chi connectivity index (χ3v) is 4.05. The highest BCUT2D eigenvalue weighted by Crippen LogP contribution is 2.30. The fourth-order valence-electron chi connectivity index (χ4n) is 2.86. The molecule has 5 heteroatoms. The number of nitrogens with zero attached hydrogens (tertiary/aromatic N) is 2. The minimum absolute atomic E-state index is 0.207. The zero-order valence-corrected chi connectivity index (χ0v) is 12.1. The van der Waals surface area contributed by atoms with E-state index < -0.39 is 5.97 Å². The van der Waals surface area contributed by atoms with Gasteiger partial charge in [-0.3, -0.25) is 4.79 Å². The lowest BCUT2D eigenvalue weighted by molar-refractivity contribution is -0.138. The van der Waals surface area contributed by atoms with Crippen LogP contribution in [-0.2, 0) is 4.79 Å². The van der Waals surface area contributed by atoms with Gasteiger partial charge >= 0.3 is 5.97 Å². The maximum atomic E-state index is 10.8. The predicted octanol–water partition coefficient (Wildman–Crippen LogP) is 2.42. The number of pyridine rings is 1. The average molecular weight is 278 g/mol. The van der Waals surface area contributed by atoms with Gasteiger partial charge in [-0.15, -0.1) is 0 Å². The van der Waals surface area contributed by atoms with Crippen LogP contribution in [0, 0.1) is 11.8 Å². The summed E-state index contributed by atoms with van der Waals surface area (Å²) in [7, 11) is 1.61. The number of hydrogen-bond acceptors (Lipinski definition) is 4. The number of ether oxygens (including phenoxy) is 1. The number of methoxy groups -OCH3 is 1. The van der Waals surface area contributed by atoms with E-state index in [9.17, 15) is 4.79 Å². The number of carboxylic acid groups (broad SMARTS) is 1. The van der Waals surface area contributed by atoms with Crippen LogP contribution in [0.2, 0.25) is 0 Å². The SMILES string of the molecule is COc1cc(N2CCCC(C(C)CC(=O)O)C2)ccn1. The van der Waals surface area contributed by atoms with Crippen LogP contribution in [0.4, 0.5) is 5.69 Å². The van der Waals surface area contributed by atoms with Gasteiger partial charge in [0.2, 0.25) is 5.88 Å². The minimum Gasteiger partial charge on any atom is -0.481 e. The molecule has 1 saturated heterocycles. The van der Waals surface area contributed by atoms with Crippen molar-refractivity contribution >= 4 is 11.7 Å². The Hall–Kier alpha value is -1.78. The Balaban J connectivity index is 2.04. The van der Waals surface area contributed by atoms with Gasteiger partial charge in [-0.05, 0) is 30.7 Å². The Morgan fingerprint density at radius 1 is 1.65 bits per heavy atom. The Morgan fingerprint density at radius 2 is 2.45 bits per heavy atom. The fraction of sp³-hybridized carbons (Fsp3) is 0.600. The number of piperidine rings is 1. The molecule has 1 aromatic heterocycles. The molecule has 2 atom stereocenters. The van der Waals surface area contributed by atoms with E-state index in [1.54, 1.807) is 13.3 Å². The maximum absolute atomic E-state index is 10.8. The standard InChI is InChI=1S/C15H22N2O3/c1-11(8-15(18)19)12-4-3-7-17(10-12)13-5-6-16-14(9-13)20-2/h5-6,9,11-12H,3-4,7-8,10H2,1-2H3,(H,18,19). The number of aliphatic carboxylic acids is 1. The van der Waals surface area contributed by atoms with Gasteiger partial charge in [0.25, 0.3) is 0 Å². The number of anilines is 1. The smallest absolute Gasteiger partial charge is 0.303 e. The Labute approximate surface area is 119 Å². The van der Waals surface area contributed by atoms with Crippen molar-refractivity contribution in [3.05, 3.63) is 18.3 Å². The molecule has 2 heterocycles. The van der Waals surface area contributed by atoms with Crippen LogP contribution >= 0.6 is 0 Å². The van der Waals surface area contributed by atoms with Crippen LogP contribution in [0.1, 0.15) is 26.2 Å². The third-order valence-electron chi connectivity index (χ3n) is 4.05. The molecule has 0 amide bonds. The second kappa shape index (κ2) is 6.59. The van der Waals surface area contributed by atoms with E-state index in [4.69, 9.17) is 9.84 Å². The van der Waals surface area contributed by atoms with E-state index in [0.717, 1.165) is 31.6 Å². The van der Waals surface area contributed by atoms with Crippen LogP contribution in [0.3, 0.4) is 0 Å². The molecule has 0 aliphatic carbocycles. The molecule has 0 spiro atoms. The molecule has 1 aliphatic heterocycles. The molecule has 1 aliphatic rings. The second-order valence-corrected chi connectivity index (χ2v) is 5.48. The van der Waals surface area contributed by atoms with Crippen molar-refractivity contribution in [3.63, 3.8) is 0 Å². The van der Waals surface area contributed by atoms with Crippen molar-refractivity contribution < 1.29 is 14.6 Å². The molecule has 20 heavy (non-hydrogen) atoms. The van der Waals surface area contributed by atoms with Gasteiger partial charge in [-0.25, -0.2) is 4.98 Å². The van der Waals surface area contributed by atoms with E-state index in [1.807, 2.05) is 19.1 Å². The lowest BCUT2D eigenvalue weighted by atomic mass is 9.84. The Bertz CT molecular complexity index is 464. The molecule has 110 valence electrons. The second-order valence-electron chi connectivity index (χ2n) is 5.48. The first-order valence-corrected chi connectivity index (χ1v) is 7.07. The fourth-order valence-corrected chi connectivity index (χ4v) is 2.86. The van der Waals surface area contributed by atoms with Crippen molar-refractivity contribution in [1.82, 2.24) is 4.98 Å². The Kier molecular flexibility index (Phi) is 4.82. The lowest BCUT2D eigenvalue weighted by Gasteiger charge is -2.37. The minimum atomic E-state index is -0.708. The van der Waals surface area contributed by atoms with Gasteiger partial charge in [0, 0.05) is 37.5 Å². The highest BCUT2D eigenvalue weighted by Gasteiger charge is 2.26. The molecule has 0 saturated carbocycles. The van der Waals surface area contributed by atoms with Crippen molar-refractivity contribution in [2.45, 2.75) is 26.2 Å². The van der Waals surface area contributed by atoms with E-state index >= 15 is 0 Å². The third kappa shape index (κ3) is 3.62. The van der Waals surface area contributed by atoms with Crippen LogP contribution in [-0.4, -0.2) is 36.3 Å². The quantitative estimate of drug-likeness (QED) is 0.896. The van der Waals surface area contributed by atoms with Gasteiger partial charge in [0.05, 0.1) is 7.11 Å². The maximum Gasteiger partial charge on any atom is 0.303 e. The number of rotatable bonds is 5. The highest BCUT2D eigenvalue weighted by atomic mass is 16.5. The van der Waals surface area contributed by atoms with E-state index in [-0.39, 0.29) is 12.3 Å². The van der Waals surface area contributed by atoms with Gasteiger partial charge in [-0.2, -0.15) is 0 Å². The van der Waals surface area contributed by atoms with E-state index in [0.29, 0.717) is 11.8 Å². The summed E-state index contributed by atoms with van der Waals surface area (Å²) >= 11 is 0. The lowest BCUT2D eigenvalue weighted by Crippen LogP contribution is -2.38. The molecular weight excluding hydrogens is 256 g/mol. The van der Waals surface area contributed by atoms with Gasteiger partial charge in [0.1, 0.15) is 0 Å². The predicted molar refractivity (Wildman–Crippen MR) is 77.1 cm³/mol. The average Bonchev–Trinajstić information content (AvgIpc) is 2.47. The number of carboxylic acids is 1. The van der Waals surface area contributed by atoms with Gasteiger partial charge in [-0.1, -0.05) is 6.92 Å². The highest BCUT2D eigenvalue weighted by molar-refractivity contribution is 5.67. The summed E-state index contributed by atoms with van der Waals surface area (Å²) in [5.74, 6) is 0.543. The molecule has 0 bridgehead atoms. The Morgan fingerprint density at radius 3 is 3.15 bits per heavy atom. The first-order valence-electron chi connectivity index (χ1n) is 7.07. The van der Waals surface area contributed by atoms with Crippen molar-refractivity contribution in [2.24, 2.45) is 11.8 Å². The summed E-state index contributed by atoms with van der Waals surface area (Å²) in [6, 6.07) is 3.91. The van der Waals surface area contributed by atoms with Crippen molar-refractivity contribution in [2.75, 3.05) is 25.1 Å². The summed E-state index contributed by atoms with van der Waals surface area (Å²) in [6.07, 6.45) is 4.20. The van der Waals surface area contributed by atoms with Crippen LogP contribution < -0.4 is 9.64 Å².